The number of rotatable bonds is 5. The molecule has 0 saturated carbocycles. The molecule has 1 aromatic rings. The van der Waals surface area contributed by atoms with Gasteiger partial charge in [0.1, 0.15) is 24.4 Å². The van der Waals surface area contributed by atoms with E-state index in [0.29, 0.717) is 26.1 Å². The largest absolute Gasteiger partial charge is 0.386 e. The molecular formula is C26H32O6. The van der Waals surface area contributed by atoms with Gasteiger partial charge in [0.05, 0.1) is 43.7 Å². The molecule has 5 rings (SSSR count). The smallest absolute Gasteiger partial charge is 0.115 e. The molecule has 4 heterocycles. The van der Waals surface area contributed by atoms with E-state index in [1.807, 2.05) is 30.4 Å². The van der Waals surface area contributed by atoms with E-state index in [9.17, 15) is 5.11 Å². The van der Waals surface area contributed by atoms with Crippen LogP contribution in [0.15, 0.2) is 67.3 Å². The Labute approximate surface area is 189 Å². The summed E-state index contributed by atoms with van der Waals surface area (Å²) in [4.78, 5) is 0. The predicted octanol–water partition coefficient (Wildman–Crippen LogP) is 3.10. The third kappa shape index (κ3) is 4.62. The van der Waals surface area contributed by atoms with E-state index in [0.717, 1.165) is 12.0 Å². The molecular weight excluding hydrogens is 408 g/mol. The van der Waals surface area contributed by atoms with Crippen molar-refractivity contribution in [3.63, 3.8) is 0 Å². The monoisotopic (exact) mass is 440 g/mol. The highest BCUT2D eigenvalue weighted by Crippen LogP contribution is 2.39. The van der Waals surface area contributed by atoms with Crippen molar-refractivity contribution in [3.8, 4) is 0 Å². The fourth-order valence-corrected chi connectivity index (χ4v) is 5.10. The van der Waals surface area contributed by atoms with Crippen LogP contribution in [0, 0.1) is 0 Å². The van der Waals surface area contributed by atoms with Crippen LogP contribution in [0.3, 0.4) is 0 Å². The first-order valence-electron chi connectivity index (χ1n) is 11.6. The number of aliphatic hydroxyl groups excluding tert-OH is 1. The fraction of sp³-hybridized carbons (Fsp3) is 0.538. The van der Waals surface area contributed by atoms with Gasteiger partial charge in [-0.3, -0.25) is 0 Å². The van der Waals surface area contributed by atoms with Crippen molar-refractivity contribution in [2.45, 2.75) is 80.8 Å². The Morgan fingerprint density at radius 2 is 1.88 bits per heavy atom. The Hall–Kier alpha value is -1.80. The van der Waals surface area contributed by atoms with Gasteiger partial charge in [-0.05, 0) is 18.4 Å². The van der Waals surface area contributed by atoms with E-state index in [1.165, 1.54) is 0 Å². The van der Waals surface area contributed by atoms with Crippen molar-refractivity contribution in [2.24, 2.45) is 0 Å². The number of fused-ring (bicyclic) bond motifs is 3. The summed E-state index contributed by atoms with van der Waals surface area (Å²) in [6, 6.07) is 10.2. The summed E-state index contributed by atoms with van der Waals surface area (Å²) in [5.74, 6) is 0. The highest BCUT2D eigenvalue weighted by molar-refractivity contribution is 5.14. The molecule has 172 valence electrons. The van der Waals surface area contributed by atoms with Crippen molar-refractivity contribution in [3.05, 3.63) is 72.9 Å². The number of aliphatic hydroxyl groups is 1. The van der Waals surface area contributed by atoms with Crippen molar-refractivity contribution in [1.82, 2.24) is 0 Å². The topological polar surface area (TPSA) is 66.4 Å². The molecule has 0 aromatic heterocycles. The Morgan fingerprint density at radius 1 is 1.00 bits per heavy atom. The number of ether oxygens (including phenoxy) is 5. The Balaban J connectivity index is 1.37. The van der Waals surface area contributed by atoms with E-state index < -0.39 is 6.10 Å². The third-order valence-electron chi connectivity index (χ3n) is 6.71. The van der Waals surface area contributed by atoms with Gasteiger partial charge < -0.3 is 28.8 Å². The highest BCUT2D eigenvalue weighted by atomic mass is 16.6. The zero-order valence-electron chi connectivity index (χ0n) is 18.2. The minimum atomic E-state index is -0.685. The van der Waals surface area contributed by atoms with E-state index in [-0.39, 0.29) is 48.8 Å². The van der Waals surface area contributed by atoms with Gasteiger partial charge in [-0.25, -0.2) is 0 Å². The van der Waals surface area contributed by atoms with E-state index >= 15 is 0 Å². The van der Waals surface area contributed by atoms with Gasteiger partial charge in [-0.2, -0.15) is 0 Å². The minimum absolute atomic E-state index is 0.0909. The molecule has 1 aromatic carbocycles. The summed E-state index contributed by atoms with van der Waals surface area (Å²) in [7, 11) is 0. The van der Waals surface area contributed by atoms with Crippen molar-refractivity contribution >= 4 is 0 Å². The van der Waals surface area contributed by atoms with Crippen LogP contribution in [0.1, 0.15) is 24.8 Å². The molecule has 0 aliphatic carbocycles. The van der Waals surface area contributed by atoms with E-state index in [1.54, 1.807) is 12.2 Å². The standard InChI is InChI=1S/C26H32O6/c1-2-8-19-18(27)12-13-20-22(30-19)15-23-25(32-20)26(29-16-17-9-4-3-5-10-17)24-21(31-23)11-6-7-14-28-24/h2-7,9-10,12-13,18-27H,1,8,11,14-16H2/t18-,19+,20+,21-,22-,23+,24-,25+,26+/m0/s1. The van der Waals surface area contributed by atoms with Crippen molar-refractivity contribution in [2.75, 3.05) is 6.61 Å². The van der Waals surface area contributed by atoms with Gasteiger partial charge in [-0.1, -0.05) is 60.7 Å². The summed E-state index contributed by atoms with van der Waals surface area (Å²) in [6.45, 7) is 4.81. The summed E-state index contributed by atoms with van der Waals surface area (Å²) in [5.41, 5.74) is 1.11. The van der Waals surface area contributed by atoms with Crippen LogP contribution in [0.4, 0.5) is 0 Å². The zero-order chi connectivity index (χ0) is 21.9. The molecule has 0 spiro atoms. The van der Waals surface area contributed by atoms with Crippen LogP contribution in [-0.2, 0) is 30.3 Å². The van der Waals surface area contributed by atoms with E-state index in [4.69, 9.17) is 23.7 Å². The second kappa shape index (κ2) is 10.00. The molecule has 0 unspecified atom stereocenters. The van der Waals surface area contributed by atoms with E-state index in [2.05, 4.69) is 24.8 Å². The zero-order valence-corrected chi connectivity index (χ0v) is 18.2. The highest BCUT2D eigenvalue weighted by Gasteiger charge is 2.53. The predicted molar refractivity (Wildman–Crippen MR) is 119 cm³/mol. The minimum Gasteiger partial charge on any atom is -0.386 e. The number of benzene rings is 1. The van der Waals surface area contributed by atoms with Crippen LogP contribution < -0.4 is 0 Å². The summed E-state index contributed by atoms with van der Waals surface area (Å²) >= 11 is 0. The normalized spacial score (nSPS) is 41.0. The summed E-state index contributed by atoms with van der Waals surface area (Å²) in [6.07, 6.45) is 9.20. The summed E-state index contributed by atoms with van der Waals surface area (Å²) < 4.78 is 31.9. The first kappa shape index (κ1) is 22.0. The molecule has 9 atom stereocenters. The summed E-state index contributed by atoms with van der Waals surface area (Å²) in [5, 5.41) is 10.4. The molecule has 32 heavy (non-hydrogen) atoms. The molecule has 6 heteroatoms. The van der Waals surface area contributed by atoms with Crippen molar-refractivity contribution in [1.29, 1.82) is 0 Å². The SMILES string of the molecule is C=CC[C@H]1O[C@H]2C[C@H]3O[C@H]4CC=CCO[C@@H]4[C@@H](OCc4ccccc4)[C@@H]3O[C@@H]2C=C[C@@H]1O. The molecule has 0 amide bonds. The number of hydrogen-bond acceptors (Lipinski definition) is 6. The van der Waals surface area contributed by atoms with Crippen molar-refractivity contribution < 1.29 is 28.8 Å². The molecule has 6 nitrogen and oxygen atoms in total. The average molecular weight is 441 g/mol. The average Bonchev–Trinajstić information content (AvgIpc) is 3.13. The Bertz CT molecular complexity index is 823. The lowest BCUT2D eigenvalue weighted by Gasteiger charge is -2.50. The first-order valence-corrected chi connectivity index (χ1v) is 11.6. The first-order chi connectivity index (χ1) is 15.7. The lowest BCUT2D eigenvalue weighted by Crippen LogP contribution is -2.64. The Morgan fingerprint density at radius 3 is 2.72 bits per heavy atom. The van der Waals surface area contributed by atoms with Gasteiger partial charge in [-0.15, -0.1) is 6.58 Å². The molecule has 2 fully saturated rings. The van der Waals surface area contributed by atoms with Crippen LogP contribution in [0.25, 0.3) is 0 Å². The number of hydrogen-bond donors (Lipinski definition) is 1. The molecule has 2 saturated heterocycles. The maximum atomic E-state index is 10.4. The molecule has 4 aliphatic heterocycles. The van der Waals surface area contributed by atoms with Crippen LogP contribution >= 0.6 is 0 Å². The Kier molecular flexibility index (Phi) is 6.88. The quantitative estimate of drug-likeness (QED) is 0.710. The van der Waals surface area contributed by atoms with Gasteiger partial charge in [0, 0.05) is 6.42 Å². The maximum absolute atomic E-state index is 10.4. The maximum Gasteiger partial charge on any atom is 0.115 e. The van der Waals surface area contributed by atoms with Crippen LogP contribution in [0.5, 0.6) is 0 Å². The van der Waals surface area contributed by atoms with Gasteiger partial charge >= 0.3 is 0 Å². The lowest BCUT2D eigenvalue weighted by atomic mass is 9.87. The molecule has 1 N–H and O–H groups in total. The fourth-order valence-electron chi connectivity index (χ4n) is 5.10. The second-order valence-electron chi connectivity index (χ2n) is 8.89. The van der Waals surface area contributed by atoms with Gasteiger partial charge in [0.25, 0.3) is 0 Å². The molecule has 0 bridgehead atoms. The lowest BCUT2D eigenvalue weighted by molar-refractivity contribution is -0.295. The second-order valence-corrected chi connectivity index (χ2v) is 8.89. The van der Waals surface area contributed by atoms with Gasteiger partial charge in [0.2, 0.25) is 0 Å². The molecule has 4 aliphatic rings. The third-order valence-corrected chi connectivity index (χ3v) is 6.71. The van der Waals surface area contributed by atoms with Crippen LogP contribution in [0.2, 0.25) is 0 Å². The van der Waals surface area contributed by atoms with Gasteiger partial charge in [0.15, 0.2) is 0 Å². The van der Waals surface area contributed by atoms with Crippen LogP contribution in [-0.4, -0.2) is 66.6 Å². The molecule has 0 radical (unpaired) electrons.